The van der Waals surface area contributed by atoms with Crippen molar-refractivity contribution in [3.05, 3.63) is 73.1 Å². The summed E-state index contributed by atoms with van der Waals surface area (Å²) in [7, 11) is 3.74. The van der Waals surface area contributed by atoms with Gasteiger partial charge in [-0.1, -0.05) is 24.8 Å². The highest BCUT2D eigenvalue weighted by Gasteiger charge is 2.21. The van der Waals surface area contributed by atoms with Crippen LogP contribution in [0.25, 0.3) is 16.7 Å². The Morgan fingerprint density at radius 2 is 1.89 bits per heavy atom. The molecule has 0 spiro atoms. The zero-order valence-electron chi connectivity index (χ0n) is 21.4. The molecule has 9 nitrogen and oxygen atoms in total. The van der Waals surface area contributed by atoms with Gasteiger partial charge in [0.1, 0.15) is 11.6 Å². The first kappa shape index (κ1) is 24.3. The van der Waals surface area contributed by atoms with E-state index in [1.807, 2.05) is 30.3 Å². The van der Waals surface area contributed by atoms with Gasteiger partial charge in [-0.25, -0.2) is 4.98 Å². The van der Waals surface area contributed by atoms with Crippen LogP contribution in [-0.2, 0) is 4.79 Å². The molecule has 9 heteroatoms. The molecule has 1 fully saturated rings. The van der Waals surface area contributed by atoms with Crippen LogP contribution in [0.5, 0.6) is 5.75 Å². The molecule has 1 saturated heterocycles. The number of rotatable bonds is 7. The molecule has 0 aliphatic carbocycles. The molecular weight excluding hydrogens is 466 g/mol. The Morgan fingerprint density at radius 3 is 2.65 bits per heavy atom. The number of likely N-dealkylation sites (N-methyl/N-ethyl adjacent to an activating group) is 1. The molecule has 5 rings (SSSR count). The Morgan fingerprint density at radius 1 is 1.11 bits per heavy atom. The van der Waals surface area contributed by atoms with E-state index in [1.165, 1.54) is 17.0 Å². The molecule has 4 aromatic rings. The number of hydrogen-bond acceptors (Lipinski definition) is 7. The minimum Gasteiger partial charge on any atom is -0.494 e. The molecule has 0 atom stereocenters. The predicted octanol–water partition coefficient (Wildman–Crippen LogP) is 4.36. The number of aryl methyl sites for hydroxylation is 1. The van der Waals surface area contributed by atoms with Crippen molar-refractivity contribution >= 4 is 39.8 Å². The highest BCUT2D eigenvalue weighted by molar-refractivity contribution is 6.02. The van der Waals surface area contributed by atoms with E-state index in [1.54, 1.807) is 13.3 Å². The molecule has 0 saturated carbocycles. The number of carbonyl (C=O) groups excluding carboxylic acids is 1. The molecule has 0 bridgehead atoms. The lowest BCUT2D eigenvalue weighted by molar-refractivity contribution is -0.111. The van der Waals surface area contributed by atoms with E-state index in [2.05, 4.69) is 68.9 Å². The number of piperazine rings is 1. The predicted molar refractivity (Wildman–Crippen MR) is 148 cm³/mol. The third kappa shape index (κ3) is 4.99. The van der Waals surface area contributed by atoms with Gasteiger partial charge in [0, 0.05) is 50.0 Å². The van der Waals surface area contributed by atoms with Gasteiger partial charge in [0.15, 0.2) is 0 Å². The molecular formula is C28H31N7O2. The second kappa shape index (κ2) is 10.3. The first-order chi connectivity index (χ1) is 18.0. The van der Waals surface area contributed by atoms with Crippen LogP contribution in [0.4, 0.5) is 23.0 Å². The van der Waals surface area contributed by atoms with Gasteiger partial charge in [0.2, 0.25) is 11.9 Å². The van der Waals surface area contributed by atoms with Gasteiger partial charge >= 0.3 is 0 Å². The monoisotopic (exact) mass is 497 g/mol. The van der Waals surface area contributed by atoms with E-state index in [-0.39, 0.29) is 5.91 Å². The highest BCUT2D eigenvalue weighted by atomic mass is 16.5. The minimum atomic E-state index is -0.278. The summed E-state index contributed by atoms with van der Waals surface area (Å²) in [5, 5.41) is 7.43. The zero-order valence-corrected chi connectivity index (χ0v) is 21.4. The third-order valence-corrected chi connectivity index (χ3v) is 6.65. The fourth-order valence-electron chi connectivity index (χ4n) is 4.63. The van der Waals surface area contributed by atoms with Crippen molar-refractivity contribution in [2.45, 2.75) is 6.92 Å². The molecule has 0 radical (unpaired) electrons. The number of hydrogen-bond donors (Lipinski definition) is 2. The first-order valence-corrected chi connectivity index (χ1v) is 12.2. The van der Waals surface area contributed by atoms with Gasteiger partial charge in [0.25, 0.3) is 0 Å². The van der Waals surface area contributed by atoms with Crippen molar-refractivity contribution in [1.29, 1.82) is 0 Å². The Bertz CT molecular complexity index is 1450. The molecule has 2 N–H and O–H groups in total. The molecule has 2 aromatic heterocycles. The lowest BCUT2D eigenvalue weighted by atomic mass is 10.1. The molecule has 1 aliphatic rings. The fourth-order valence-corrected chi connectivity index (χ4v) is 4.63. The smallest absolute Gasteiger partial charge is 0.247 e. The maximum absolute atomic E-state index is 12.3. The van der Waals surface area contributed by atoms with Crippen LogP contribution < -0.4 is 20.3 Å². The number of anilines is 4. The van der Waals surface area contributed by atoms with Crippen LogP contribution in [-0.4, -0.2) is 65.7 Å². The lowest BCUT2D eigenvalue weighted by Crippen LogP contribution is -2.44. The molecule has 2 aromatic carbocycles. The average Bonchev–Trinajstić information content (AvgIpc) is 3.26. The lowest BCUT2D eigenvalue weighted by Gasteiger charge is -2.35. The van der Waals surface area contributed by atoms with Crippen molar-refractivity contribution < 1.29 is 9.53 Å². The number of para-hydroxylation sites is 1. The van der Waals surface area contributed by atoms with Crippen molar-refractivity contribution in [2.75, 3.05) is 55.9 Å². The maximum atomic E-state index is 12.3. The molecule has 1 amide bonds. The number of fused-ring (bicyclic) bond motifs is 1. The number of aromatic nitrogens is 3. The summed E-state index contributed by atoms with van der Waals surface area (Å²) in [6.07, 6.45) is 5.06. The van der Waals surface area contributed by atoms with Crippen molar-refractivity contribution in [3.8, 4) is 11.6 Å². The maximum Gasteiger partial charge on any atom is 0.247 e. The van der Waals surface area contributed by atoms with Crippen molar-refractivity contribution in [1.82, 2.24) is 19.4 Å². The van der Waals surface area contributed by atoms with Crippen molar-refractivity contribution in [2.24, 2.45) is 0 Å². The van der Waals surface area contributed by atoms with Gasteiger partial charge in [-0.2, -0.15) is 4.98 Å². The van der Waals surface area contributed by atoms with Gasteiger partial charge in [-0.05, 0) is 43.8 Å². The highest BCUT2D eigenvalue weighted by Crippen LogP contribution is 2.38. The van der Waals surface area contributed by atoms with Crippen LogP contribution in [0.15, 0.2) is 67.5 Å². The van der Waals surface area contributed by atoms with Crippen molar-refractivity contribution in [3.63, 3.8) is 0 Å². The summed E-state index contributed by atoms with van der Waals surface area (Å²) in [4.78, 5) is 26.0. The number of amides is 1. The van der Waals surface area contributed by atoms with E-state index in [0.717, 1.165) is 43.2 Å². The summed E-state index contributed by atoms with van der Waals surface area (Å²) in [5.74, 6) is 1.51. The van der Waals surface area contributed by atoms with Crippen LogP contribution in [0.3, 0.4) is 0 Å². The SMILES string of the molecule is C=CC(=O)Nc1cc(Nc2nccc(-n3cc(C)c4ccccc43)n2)c(OC)cc1N1CCN(C)CC1. The number of methoxy groups -OCH3 is 1. The number of nitrogens with zero attached hydrogens (tertiary/aromatic N) is 5. The summed E-state index contributed by atoms with van der Waals surface area (Å²) in [6, 6.07) is 13.9. The first-order valence-electron chi connectivity index (χ1n) is 12.2. The Balaban J connectivity index is 1.51. The summed E-state index contributed by atoms with van der Waals surface area (Å²) >= 11 is 0. The number of carbonyl (C=O) groups is 1. The molecule has 190 valence electrons. The van der Waals surface area contributed by atoms with Crippen LogP contribution in [0, 0.1) is 6.92 Å². The van der Waals surface area contributed by atoms with Gasteiger partial charge in [-0.3, -0.25) is 4.79 Å². The average molecular weight is 498 g/mol. The Labute approximate surface area is 216 Å². The van der Waals surface area contributed by atoms with E-state index in [9.17, 15) is 4.79 Å². The topological polar surface area (TPSA) is 87.5 Å². The van der Waals surface area contributed by atoms with E-state index >= 15 is 0 Å². The fraction of sp³-hybridized carbons (Fsp3) is 0.250. The second-order valence-electron chi connectivity index (χ2n) is 9.12. The Hall–Kier alpha value is -4.37. The third-order valence-electron chi connectivity index (χ3n) is 6.65. The van der Waals surface area contributed by atoms with Crippen LogP contribution >= 0.6 is 0 Å². The largest absolute Gasteiger partial charge is 0.494 e. The van der Waals surface area contributed by atoms with E-state index in [4.69, 9.17) is 9.72 Å². The number of benzene rings is 2. The van der Waals surface area contributed by atoms with Gasteiger partial charge in [0.05, 0.1) is 29.7 Å². The summed E-state index contributed by atoms with van der Waals surface area (Å²) < 4.78 is 7.80. The number of nitrogens with one attached hydrogen (secondary N) is 2. The molecule has 0 unspecified atom stereocenters. The summed E-state index contributed by atoms with van der Waals surface area (Å²) in [6.45, 7) is 9.25. The van der Waals surface area contributed by atoms with Gasteiger partial charge < -0.3 is 29.7 Å². The van der Waals surface area contributed by atoms with Gasteiger partial charge in [-0.15, -0.1) is 0 Å². The molecule has 3 heterocycles. The summed E-state index contributed by atoms with van der Waals surface area (Å²) in [5.41, 5.74) is 4.46. The standard InChI is InChI=1S/C28H31N7O2/c1-5-27(36)30-21-16-22(25(37-4)17-24(21)34-14-12-33(3)13-15-34)31-28-29-11-10-26(32-28)35-18-19(2)20-8-6-7-9-23(20)35/h5-11,16-18H,1,12-15H2,2-4H3,(H,30,36)(H,29,31,32). The minimum absolute atomic E-state index is 0.278. The van der Waals surface area contributed by atoms with E-state index < -0.39 is 0 Å². The quantitative estimate of drug-likeness (QED) is 0.367. The normalized spacial score (nSPS) is 14.0. The second-order valence-corrected chi connectivity index (χ2v) is 9.12. The molecule has 1 aliphatic heterocycles. The zero-order chi connectivity index (χ0) is 25.9. The van der Waals surface area contributed by atoms with E-state index in [0.29, 0.717) is 23.1 Å². The number of ether oxygens (including phenoxy) is 1. The molecule has 37 heavy (non-hydrogen) atoms. The van der Waals surface area contributed by atoms with Crippen LogP contribution in [0.1, 0.15) is 5.56 Å². The van der Waals surface area contributed by atoms with Crippen LogP contribution in [0.2, 0.25) is 0 Å². The Kier molecular flexibility index (Phi) is 6.78.